The standard InChI is InChI=1S/C20H20N6O/c1-25(2)16-9-11-26(13-16)20(27)14-5-7-18-17(12-14)19(24-23-18)8-6-15-4-3-10-21-22-15/h3-5,7,10,12,16H,9,11,13H2,1-2H3,(H,23,24)/t16-/m1/s1. The predicted octanol–water partition coefficient (Wildman–Crippen LogP) is 1.53. The molecule has 0 saturated carbocycles. The van der Waals surface area contributed by atoms with Crippen molar-refractivity contribution in [3.05, 3.63) is 53.5 Å². The second-order valence-corrected chi connectivity index (χ2v) is 6.85. The van der Waals surface area contributed by atoms with Crippen molar-refractivity contribution >= 4 is 16.8 Å². The highest BCUT2D eigenvalue weighted by atomic mass is 16.2. The Morgan fingerprint density at radius 3 is 2.93 bits per heavy atom. The van der Waals surface area contributed by atoms with Crippen molar-refractivity contribution in [2.45, 2.75) is 12.5 Å². The molecule has 0 aliphatic carbocycles. The summed E-state index contributed by atoms with van der Waals surface area (Å²) in [5.74, 6) is 6.02. The molecule has 3 heterocycles. The predicted molar refractivity (Wildman–Crippen MR) is 102 cm³/mol. The Morgan fingerprint density at radius 2 is 2.19 bits per heavy atom. The molecule has 1 aromatic carbocycles. The van der Waals surface area contributed by atoms with E-state index in [0.717, 1.165) is 30.4 Å². The van der Waals surface area contributed by atoms with Crippen LogP contribution in [-0.4, -0.2) is 69.3 Å². The van der Waals surface area contributed by atoms with Crippen LogP contribution in [-0.2, 0) is 0 Å². The highest BCUT2D eigenvalue weighted by molar-refractivity contribution is 5.99. The second-order valence-electron chi connectivity index (χ2n) is 6.85. The zero-order valence-corrected chi connectivity index (χ0v) is 15.3. The highest BCUT2D eigenvalue weighted by Gasteiger charge is 2.28. The van der Waals surface area contributed by atoms with E-state index in [-0.39, 0.29) is 5.91 Å². The average molecular weight is 360 g/mol. The van der Waals surface area contributed by atoms with Gasteiger partial charge in [-0.15, -0.1) is 5.10 Å². The third-order valence-corrected chi connectivity index (χ3v) is 4.87. The fourth-order valence-electron chi connectivity index (χ4n) is 3.26. The summed E-state index contributed by atoms with van der Waals surface area (Å²) in [5, 5.41) is 15.8. The number of nitrogens with zero attached hydrogens (tertiary/aromatic N) is 5. The molecule has 0 bridgehead atoms. The minimum Gasteiger partial charge on any atom is -0.337 e. The number of H-pyrrole nitrogens is 1. The van der Waals surface area contributed by atoms with Gasteiger partial charge in [0, 0.05) is 36.3 Å². The molecular formula is C20H20N6O. The molecule has 0 radical (unpaired) electrons. The summed E-state index contributed by atoms with van der Waals surface area (Å²) < 4.78 is 0. The summed E-state index contributed by atoms with van der Waals surface area (Å²) in [6.45, 7) is 1.54. The van der Waals surface area contributed by atoms with Crippen molar-refractivity contribution in [1.29, 1.82) is 0 Å². The van der Waals surface area contributed by atoms with E-state index in [1.54, 1.807) is 18.3 Å². The van der Waals surface area contributed by atoms with Gasteiger partial charge >= 0.3 is 0 Å². The number of hydrogen-bond donors (Lipinski definition) is 1. The molecule has 0 unspecified atom stereocenters. The number of fused-ring (bicyclic) bond motifs is 1. The van der Waals surface area contributed by atoms with Gasteiger partial charge in [-0.1, -0.05) is 0 Å². The van der Waals surface area contributed by atoms with Crippen LogP contribution in [0.2, 0.25) is 0 Å². The Bertz CT molecular complexity index is 1030. The quantitative estimate of drug-likeness (QED) is 0.701. The summed E-state index contributed by atoms with van der Waals surface area (Å²) >= 11 is 0. The molecule has 1 aliphatic heterocycles. The number of carbonyl (C=O) groups excluding carboxylic acids is 1. The highest BCUT2D eigenvalue weighted by Crippen LogP contribution is 2.21. The topological polar surface area (TPSA) is 78.0 Å². The van der Waals surface area contributed by atoms with Gasteiger partial charge in [-0.2, -0.15) is 10.2 Å². The molecule has 136 valence electrons. The molecule has 1 fully saturated rings. The molecule has 7 heteroatoms. The van der Waals surface area contributed by atoms with Crippen LogP contribution in [0.3, 0.4) is 0 Å². The Kier molecular flexibility index (Phi) is 4.57. The van der Waals surface area contributed by atoms with Gasteiger partial charge in [-0.25, -0.2) is 0 Å². The fraction of sp³-hybridized carbons (Fsp3) is 0.300. The van der Waals surface area contributed by atoms with E-state index >= 15 is 0 Å². The third-order valence-electron chi connectivity index (χ3n) is 4.87. The maximum atomic E-state index is 12.9. The summed E-state index contributed by atoms with van der Waals surface area (Å²) in [6, 6.07) is 9.57. The molecule has 1 amide bonds. The van der Waals surface area contributed by atoms with Gasteiger partial charge in [0.1, 0.15) is 11.4 Å². The van der Waals surface area contributed by atoms with E-state index in [9.17, 15) is 4.79 Å². The van der Waals surface area contributed by atoms with Gasteiger partial charge in [0.05, 0.1) is 5.52 Å². The van der Waals surface area contributed by atoms with Crippen LogP contribution in [0, 0.1) is 11.8 Å². The summed E-state index contributed by atoms with van der Waals surface area (Å²) in [6.07, 6.45) is 2.60. The molecule has 27 heavy (non-hydrogen) atoms. The third kappa shape index (κ3) is 3.52. The average Bonchev–Trinajstić information content (AvgIpc) is 3.34. The van der Waals surface area contributed by atoms with Gasteiger partial charge in [0.2, 0.25) is 0 Å². The van der Waals surface area contributed by atoms with Gasteiger partial charge in [-0.05, 0) is 62.7 Å². The Labute approximate surface area is 157 Å². The van der Waals surface area contributed by atoms with Crippen LogP contribution in [0.25, 0.3) is 10.9 Å². The molecule has 1 atom stereocenters. The van der Waals surface area contributed by atoms with Crippen molar-refractivity contribution in [1.82, 2.24) is 30.2 Å². The van der Waals surface area contributed by atoms with E-state index in [4.69, 9.17) is 0 Å². The molecule has 2 aromatic heterocycles. The molecular weight excluding hydrogens is 340 g/mol. The van der Waals surface area contributed by atoms with Crippen LogP contribution in [0.4, 0.5) is 0 Å². The van der Waals surface area contributed by atoms with Crippen molar-refractivity contribution < 1.29 is 4.79 Å². The lowest BCUT2D eigenvalue weighted by molar-refractivity contribution is 0.0783. The Morgan fingerprint density at radius 1 is 1.30 bits per heavy atom. The number of nitrogens with one attached hydrogen (secondary N) is 1. The number of hydrogen-bond acceptors (Lipinski definition) is 5. The zero-order valence-electron chi connectivity index (χ0n) is 15.3. The van der Waals surface area contributed by atoms with Crippen LogP contribution >= 0.6 is 0 Å². The number of benzene rings is 1. The number of aromatic amines is 1. The Hall–Kier alpha value is -3.24. The second kappa shape index (κ2) is 7.17. The SMILES string of the molecule is CN(C)[C@@H]1CCN(C(=O)c2ccc3[nH]nc(C#Cc4cccnn4)c3c2)C1. The number of likely N-dealkylation sites (N-methyl/N-ethyl adjacent to an activating group) is 1. The van der Waals surface area contributed by atoms with E-state index < -0.39 is 0 Å². The lowest BCUT2D eigenvalue weighted by Crippen LogP contribution is -2.34. The smallest absolute Gasteiger partial charge is 0.253 e. The molecule has 1 aliphatic rings. The minimum absolute atomic E-state index is 0.0512. The van der Waals surface area contributed by atoms with E-state index in [1.165, 1.54) is 0 Å². The van der Waals surface area contributed by atoms with E-state index in [2.05, 4.69) is 51.2 Å². The fourth-order valence-corrected chi connectivity index (χ4v) is 3.26. The Balaban J connectivity index is 1.61. The number of amides is 1. The van der Waals surface area contributed by atoms with E-state index in [1.807, 2.05) is 23.1 Å². The lowest BCUT2D eigenvalue weighted by Gasteiger charge is -2.20. The molecule has 0 spiro atoms. The zero-order chi connectivity index (χ0) is 18.8. The molecule has 1 saturated heterocycles. The van der Waals surface area contributed by atoms with Crippen molar-refractivity contribution in [3.63, 3.8) is 0 Å². The first-order chi connectivity index (χ1) is 13.1. The normalized spacial score (nSPS) is 16.6. The monoisotopic (exact) mass is 360 g/mol. The van der Waals surface area contributed by atoms with Crippen molar-refractivity contribution in [3.8, 4) is 11.8 Å². The van der Waals surface area contributed by atoms with Crippen LogP contribution in [0.5, 0.6) is 0 Å². The van der Waals surface area contributed by atoms with Gasteiger partial charge in [0.25, 0.3) is 5.91 Å². The number of aromatic nitrogens is 4. The van der Waals surface area contributed by atoms with Crippen LogP contribution < -0.4 is 0 Å². The maximum Gasteiger partial charge on any atom is 0.253 e. The van der Waals surface area contributed by atoms with Crippen molar-refractivity contribution in [2.75, 3.05) is 27.2 Å². The first-order valence-corrected chi connectivity index (χ1v) is 8.85. The van der Waals surface area contributed by atoms with Crippen LogP contribution in [0.1, 0.15) is 28.2 Å². The summed E-state index contributed by atoms with van der Waals surface area (Å²) in [5.41, 5.74) is 2.68. The first kappa shape index (κ1) is 17.2. The largest absolute Gasteiger partial charge is 0.337 e. The van der Waals surface area contributed by atoms with Gasteiger partial charge < -0.3 is 9.80 Å². The molecule has 1 N–H and O–H groups in total. The van der Waals surface area contributed by atoms with Gasteiger partial charge in [-0.3, -0.25) is 9.89 Å². The van der Waals surface area contributed by atoms with Gasteiger partial charge in [0.15, 0.2) is 0 Å². The first-order valence-electron chi connectivity index (χ1n) is 8.85. The lowest BCUT2D eigenvalue weighted by atomic mass is 10.1. The van der Waals surface area contributed by atoms with E-state index in [0.29, 0.717) is 23.0 Å². The minimum atomic E-state index is 0.0512. The van der Waals surface area contributed by atoms with Crippen molar-refractivity contribution in [2.24, 2.45) is 0 Å². The number of carbonyl (C=O) groups is 1. The maximum absolute atomic E-state index is 12.9. The molecule has 4 rings (SSSR count). The van der Waals surface area contributed by atoms with Crippen LogP contribution in [0.15, 0.2) is 36.5 Å². The molecule has 3 aromatic rings. The number of likely N-dealkylation sites (tertiary alicyclic amines) is 1. The molecule has 7 nitrogen and oxygen atoms in total. The number of rotatable bonds is 2. The summed E-state index contributed by atoms with van der Waals surface area (Å²) in [4.78, 5) is 17.0. The summed E-state index contributed by atoms with van der Waals surface area (Å²) in [7, 11) is 4.11.